The quantitative estimate of drug-likeness (QED) is 0.780. The van der Waals surface area contributed by atoms with Crippen molar-refractivity contribution in [1.82, 2.24) is 9.80 Å². The average Bonchev–Trinajstić information content (AvgIpc) is 3.25. The van der Waals surface area contributed by atoms with Gasteiger partial charge in [0, 0.05) is 19.7 Å². The molecule has 5 heteroatoms. The van der Waals surface area contributed by atoms with Gasteiger partial charge in [-0.25, -0.2) is 0 Å². The summed E-state index contributed by atoms with van der Waals surface area (Å²) in [5, 5.41) is 0. The average molecular weight is 354 g/mol. The van der Waals surface area contributed by atoms with Crippen LogP contribution in [0.3, 0.4) is 0 Å². The highest BCUT2D eigenvalue weighted by molar-refractivity contribution is 6.35. The Bertz CT molecular complexity index is 714. The summed E-state index contributed by atoms with van der Waals surface area (Å²) >= 11 is 0. The number of amides is 2. The lowest BCUT2D eigenvalue weighted by Crippen LogP contribution is -2.41. The molecule has 0 saturated carbocycles. The number of ether oxygens (including phenoxy) is 1. The van der Waals surface area contributed by atoms with Crippen LogP contribution in [0, 0.1) is 5.92 Å². The van der Waals surface area contributed by atoms with E-state index in [-0.39, 0.29) is 17.9 Å². The maximum Gasteiger partial charge on any atom is 0.277 e. The minimum absolute atomic E-state index is 0.0272. The molecule has 1 aromatic rings. The molecule has 1 atom stereocenters. The highest BCUT2D eigenvalue weighted by Gasteiger charge is 2.43. The number of hydrogen-bond donors (Lipinski definition) is 0. The van der Waals surface area contributed by atoms with Gasteiger partial charge in [0.15, 0.2) is 0 Å². The van der Waals surface area contributed by atoms with Crippen LogP contribution < -0.4 is 0 Å². The summed E-state index contributed by atoms with van der Waals surface area (Å²) in [6.45, 7) is 4.99. The molecule has 1 aromatic carbocycles. The van der Waals surface area contributed by atoms with E-state index in [4.69, 9.17) is 4.74 Å². The molecule has 3 heterocycles. The fourth-order valence-electron chi connectivity index (χ4n) is 4.11. The maximum absolute atomic E-state index is 13.2. The molecule has 0 N–H and O–H groups in total. The van der Waals surface area contributed by atoms with Crippen molar-refractivity contribution in [2.24, 2.45) is 5.92 Å². The Morgan fingerprint density at radius 1 is 1.04 bits per heavy atom. The summed E-state index contributed by atoms with van der Waals surface area (Å²) in [7, 11) is 0. The predicted octanol–water partition coefficient (Wildman–Crippen LogP) is 2.68. The zero-order chi connectivity index (χ0) is 18.1. The molecule has 26 heavy (non-hydrogen) atoms. The van der Waals surface area contributed by atoms with Gasteiger partial charge in [0.1, 0.15) is 5.70 Å². The Labute approximate surface area is 154 Å². The van der Waals surface area contributed by atoms with Gasteiger partial charge in [0.25, 0.3) is 11.8 Å². The summed E-state index contributed by atoms with van der Waals surface area (Å²) in [6.07, 6.45) is 3.99. The lowest BCUT2D eigenvalue weighted by Gasteiger charge is -2.32. The van der Waals surface area contributed by atoms with Crippen LogP contribution in [0.5, 0.6) is 0 Å². The van der Waals surface area contributed by atoms with E-state index >= 15 is 0 Å². The molecular formula is C21H26N2O3. The standard InChI is InChI=1S/C21H26N2O3/c1-15-9-11-22(12-10-15)19-18(16-6-3-2-4-7-16)20(24)23(21(19)25)14-17-8-5-13-26-17/h2-4,6-7,15,17H,5,8-14H2,1H3. The summed E-state index contributed by atoms with van der Waals surface area (Å²) in [6, 6.07) is 9.60. The van der Waals surface area contributed by atoms with Crippen molar-refractivity contribution in [3.8, 4) is 0 Å². The largest absolute Gasteiger partial charge is 0.376 e. The molecule has 2 fully saturated rings. The first kappa shape index (κ1) is 17.3. The molecule has 5 nitrogen and oxygen atoms in total. The summed E-state index contributed by atoms with van der Waals surface area (Å²) in [5.41, 5.74) is 1.98. The first-order valence-electron chi connectivity index (χ1n) is 9.67. The number of piperidine rings is 1. The molecule has 0 bridgehead atoms. The molecule has 2 saturated heterocycles. The fraction of sp³-hybridized carbons (Fsp3) is 0.524. The van der Waals surface area contributed by atoms with E-state index in [9.17, 15) is 9.59 Å². The van der Waals surface area contributed by atoms with Gasteiger partial charge in [0.2, 0.25) is 0 Å². The molecule has 0 spiro atoms. The lowest BCUT2D eigenvalue weighted by atomic mass is 9.97. The van der Waals surface area contributed by atoms with E-state index in [0.29, 0.717) is 23.7 Å². The third kappa shape index (κ3) is 3.16. The van der Waals surface area contributed by atoms with Gasteiger partial charge in [0.05, 0.1) is 18.2 Å². The maximum atomic E-state index is 13.2. The van der Waals surface area contributed by atoms with E-state index in [0.717, 1.165) is 50.9 Å². The number of carbonyl (C=O) groups excluding carboxylic acids is 2. The molecule has 3 aliphatic heterocycles. The minimum atomic E-state index is -0.176. The highest BCUT2D eigenvalue weighted by atomic mass is 16.5. The van der Waals surface area contributed by atoms with E-state index in [1.54, 1.807) is 0 Å². The zero-order valence-electron chi connectivity index (χ0n) is 15.3. The normalized spacial score (nSPS) is 24.9. The summed E-state index contributed by atoms with van der Waals surface area (Å²) in [5.74, 6) is 0.339. The Balaban J connectivity index is 1.67. The van der Waals surface area contributed by atoms with Crippen molar-refractivity contribution < 1.29 is 14.3 Å². The van der Waals surface area contributed by atoms with Gasteiger partial charge in [-0.15, -0.1) is 0 Å². The molecule has 138 valence electrons. The van der Waals surface area contributed by atoms with Crippen molar-refractivity contribution in [1.29, 1.82) is 0 Å². The number of hydrogen-bond acceptors (Lipinski definition) is 4. The van der Waals surface area contributed by atoms with Gasteiger partial charge in [-0.1, -0.05) is 37.3 Å². The van der Waals surface area contributed by atoms with Crippen LogP contribution in [0.2, 0.25) is 0 Å². The minimum Gasteiger partial charge on any atom is -0.376 e. The van der Waals surface area contributed by atoms with Crippen LogP contribution in [0.4, 0.5) is 0 Å². The number of imide groups is 1. The molecule has 0 aliphatic carbocycles. The van der Waals surface area contributed by atoms with E-state index in [1.165, 1.54) is 4.90 Å². The molecule has 1 unspecified atom stereocenters. The molecular weight excluding hydrogens is 328 g/mol. The molecule has 0 aromatic heterocycles. The van der Waals surface area contributed by atoms with Gasteiger partial charge in [-0.05, 0) is 37.2 Å². The summed E-state index contributed by atoms with van der Waals surface area (Å²) in [4.78, 5) is 29.9. The smallest absolute Gasteiger partial charge is 0.277 e. The van der Waals surface area contributed by atoms with Crippen LogP contribution >= 0.6 is 0 Å². The molecule has 3 aliphatic rings. The van der Waals surface area contributed by atoms with Crippen LogP contribution in [-0.4, -0.2) is 54.0 Å². The van der Waals surface area contributed by atoms with Gasteiger partial charge < -0.3 is 9.64 Å². The van der Waals surface area contributed by atoms with E-state index < -0.39 is 0 Å². The second kappa shape index (κ2) is 7.23. The molecule has 2 amide bonds. The van der Waals surface area contributed by atoms with Crippen LogP contribution in [-0.2, 0) is 14.3 Å². The summed E-state index contributed by atoms with van der Waals surface area (Å²) < 4.78 is 5.67. The molecule has 4 rings (SSSR count). The van der Waals surface area contributed by atoms with Crippen molar-refractivity contribution in [3.05, 3.63) is 41.6 Å². The van der Waals surface area contributed by atoms with Crippen molar-refractivity contribution in [2.45, 2.75) is 38.7 Å². The van der Waals surface area contributed by atoms with Gasteiger partial charge >= 0.3 is 0 Å². The van der Waals surface area contributed by atoms with Crippen molar-refractivity contribution in [2.75, 3.05) is 26.2 Å². The number of rotatable bonds is 4. The third-order valence-corrected chi connectivity index (χ3v) is 5.72. The second-order valence-corrected chi connectivity index (χ2v) is 7.62. The lowest BCUT2D eigenvalue weighted by molar-refractivity contribution is -0.139. The van der Waals surface area contributed by atoms with E-state index in [1.807, 2.05) is 30.3 Å². The Hall–Kier alpha value is -2.14. The van der Waals surface area contributed by atoms with Gasteiger partial charge in [-0.2, -0.15) is 0 Å². The Morgan fingerprint density at radius 2 is 1.77 bits per heavy atom. The number of carbonyl (C=O) groups is 2. The van der Waals surface area contributed by atoms with E-state index in [2.05, 4.69) is 11.8 Å². The number of nitrogens with zero attached hydrogens (tertiary/aromatic N) is 2. The Kier molecular flexibility index (Phi) is 4.81. The van der Waals surface area contributed by atoms with Crippen LogP contribution in [0.25, 0.3) is 5.57 Å². The third-order valence-electron chi connectivity index (χ3n) is 5.72. The van der Waals surface area contributed by atoms with Crippen molar-refractivity contribution >= 4 is 17.4 Å². The Morgan fingerprint density at radius 3 is 2.42 bits per heavy atom. The first-order valence-corrected chi connectivity index (χ1v) is 9.67. The molecule has 0 radical (unpaired) electrons. The van der Waals surface area contributed by atoms with Crippen LogP contribution in [0.1, 0.15) is 38.2 Å². The van der Waals surface area contributed by atoms with Crippen LogP contribution in [0.15, 0.2) is 36.0 Å². The zero-order valence-corrected chi connectivity index (χ0v) is 15.3. The number of benzene rings is 1. The SMILES string of the molecule is CC1CCN(C2=C(c3ccccc3)C(=O)N(CC3CCCO3)C2=O)CC1. The second-order valence-electron chi connectivity index (χ2n) is 7.62. The van der Waals surface area contributed by atoms with Gasteiger partial charge in [-0.3, -0.25) is 14.5 Å². The predicted molar refractivity (Wildman–Crippen MR) is 99.0 cm³/mol. The number of likely N-dealkylation sites (tertiary alicyclic amines) is 1. The topological polar surface area (TPSA) is 49.9 Å². The monoisotopic (exact) mass is 354 g/mol. The first-order chi connectivity index (χ1) is 12.6. The fourth-order valence-corrected chi connectivity index (χ4v) is 4.11. The highest BCUT2D eigenvalue weighted by Crippen LogP contribution is 2.34. The van der Waals surface area contributed by atoms with Crippen molar-refractivity contribution in [3.63, 3.8) is 0 Å².